The average Bonchev–Trinajstić information content (AvgIpc) is 3.04. The molecule has 9 heteroatoms. The van der Waals surface area contributed by atoms with Crippen molar-refractivity contribution in [3.05, 3.63) is 47.6 Å². The van der Waals surface area contributed by atoms with Crippen LogP contribution in [0.4, 0.5) is 5.69 Å². The van der Waals surface area contributed by atoms with Crippen LogP contribution in [0.1, 0.15) is 32.9 Å². The standard InChI is InChI=1S/C19H19Cl2IN2O3S/c1-23-7-5-12(6-8-23)24(15-10-16(22)28-17(15)19(26)27-2)18(25)13-4-3-11(20)9-14(13)21/h3-4,9-10,12H,5-8H2,1-2H3. The number of carbonyl (C=O) groups excluding carboxylic acids is 2. The number of hydrogen-bond donors (Lipinski definition) is 0. The van der Waals surface area contributed by atoms with E-state index in [-0.39, 0.29) is 11.9 Å². The van der Waals surface area contributed by atoms with Gasteiger partial charge in [0.05, 0.1) is 26.3 Å². The van der Waals surface area contributed by atoms with E-state index in [0.717, 1.165) is 28.8 Å². The molecule has 0 atom stereocenters. The smallest absolute Gasteiger partial charge is 0.350 e. The van der Waals surface area contributed by atoms with Gasteiger partial charge in [-0.05, 0) is 79.8 Å². The molecule has 0 N–H and O–H groups in total. The molecule has 3 rings (SSSR count). The molecule has 2 aromatic rings. The largest absolute Gasteiger partial charge is 0.465 e. The van der Waals surface area contributed by atoms with Gasteiger partial charge >= 0.3 is 5.97 Å². The Kier molecular flexibility index (Phi) is 7.25. The first kappa shape index (κ1) is 21.8. The van der Waals surface area contributed by atoms with Crippen LogP contribution in [-0.2, 0) is 4.74 Å². The highest BCUT2D eigenvalue weighted by Crippen LogP contribution is 2.37. The molecule has 5 nitrogen and oxygen atoms in total. The number of amides is 1. The van der Waals surface area contributed by atoms with E-state index >= 15 is 0 Å². The van der Waals surface area contributed by atoms with E-state index in [2.05, 4.69) is 34.5 Å². The summed E-state index contributed by atoms with van der Waals surface area (Å²) < 4.78 is 5.85. The fraction of sp³-hybridized carbons (Fsp3) is 0.368. The zero-order chi connectivity index (χ0) is 20.4. The first-order chi connectivity index (χ1) is 13.3. The summed E-state index contributed by atoms with van der Waals surface area (Å²) in [5.41, 5.74) is 0.939. The van der Waals surface area contributed by atoms with E-state index < -0.39 is 5.97 Å². The maximum absolute atomic E-state index is 13.6. The molecule has 0 unspecified atom stereocenters. The van der Waals surface area contributed by atoms with E-state index in [0.29, 0.717) is 26.2 Å². The van der Waals surface area contributed by atoms with Crippen LogP contribution in [-0.4, -0.2) is 50.1 Å². The Bertz CT molecular complexity index is 897. The molecule has 1 fully saturated rings. The Labute approximate surface area is 191 Å². The maximum atomic E-state index is 13.6. The van der Waals surface area contributed by atoms with Gasteiger partial charge < -0.3 is 14.5 Å². The van der Waals surface area contributed by atoms with Crippen LogP contribution in [0.15, 0.2) is 24.3 Å². The molecule has 1 aromatic carbocycles. The lowest BCUT2D eigenvalue weighted by Gasteiger charge is -2.37. The van der Waals surface area contributed by atoms with Crippen LogP contribution in [0.3, 0.4) is 0 Å². The average molecular weight is 553 g/mol. The summed E-state index contributed by atoms with van der Waals surface area (Å²) in [7, 11) is 3.41. The third-order valence-electron chi connectivity index (χ3n) is 4.75. The molecule has 150 valence electrons. The van der Waals surface area contributed by atoms with Crippen LogP contribution < -0.4 is 4.90 Å². The van der Waals surface area contributed by atoms with Gasteiger partial charge in [-0.2, -0.15) is 0 Å². The highest BCUT2D eigenvalue weighted by Gasteiger charge is 2.34. The summed E-state index contributed by atoms with van der Waals surface area (Å²) >= 11 is 15.8. The second-order valence-corrected chi connectivity index (χ2v) is 10.4. The molecule has 0 saturated carbocycles. The van der Waals surface area contributed by atoms with Crippen LogP contribution >= 0.6 is 57.1 Å². The number of anilines is 1. The van der Waals surface area contributed by atoms with Gasteiger partial charge in [0.1, 0.15) is 4.88 Å². The van der Waals surface area contributed by atoms with E-state index in [9.17, 15) is 9.59 Å². The predicted molar refractivity (Wildman–Crippen MR) is 122 cm³/mol. The van der Waals surface area contributed by atoms with E-state index in [4.69, 9.17) is 27.9 Å². The number of nitrogens with zero attached hydrogens (tertiary/aromatic N) is 2. The zero-order valence-corrected chi connectivity index (χ0v) is 19.9. The fourth-order valence-corrected chi connectivity index (χ4v) is 5.53. The summed E-state index contributed by atoms with van der Waals surface area (Å²) in [5, 5.41) is 0.757. The summed E-state index contributed by atoms with van der Waals surface area (Å²) in [6.45, 7) is 1.75. The van der Waals surface area contributed by atoms with Crippen molar-refractivity contribution < 1.29 is 14.3 Å². The van der Waals surface area contributed by atoms with Crippen molar-refractivity contribution in [2.45, 2.75) is 18.9 Å². The van der Waals surface area contributed by atoms with Gasteiger partial charge in [0.25, 0.3) is 5.91 Å². The van der Waals surface area contributed by atoms with Crippen molar-refractivity contribution in [3.8, 4) is 0 Å². The van der Waals surface area contributed by atoms with Gasteiger partial charge in [-0.25, -0.2) is 4.79 Å². The summed E-state index contributed by atoms with van der Waals surface area (Å²) in [5.74, 6) is -0.689. The predicted octanol–water partition coefficient (Wildman–Crippen LogP) is 5.19. The number of methoxy groups -OCH3 is 1. The van der Waals surface area contributed by atoms with Gasteiger partial charge in [0.15, 0.2) is 0 Å². The molecule has 1 saturated heterocycles. The molecule has 0 radical (unpaired) electrons. The number of benzene rings is 1. The molecule has 0 aliphatic carbocycles. The minimum Gasteiger partial charge on any atom is -0.465 e. The quantitative estimate of drug-likeness (QED) is 0.387. The molecule has 1 aliphatic heterocycles. The number of thiophene rings is 1. The highest BCUT2D eigenvalue weighted by molar-refractivity contribution is 14.1. The topological polar surface area (TPSA) is 49.9 Å². The van der Waals surface area contributed by atoms with Crippen molar-refractivity contribution in [2.24, 2.45) is 0 Å². The first-order valence-electron chi connectivity index (χ1n) is 8.66. The van der Waals surface area contributed by atoms with Crippen molar-refractivity contribution in [1.29, 1.82) is 0 Å². The van der Waals surface area contributed by atoms with Gasteiger partial charge in [-0.1, -0.05) is 23.2 Å². The lowest BCUT2D eigenvalue weighted by Crippen LogP contribution is -2.47. The van der Waals surface area contributed by atoms with E-state index in [1.165, 1.54) is 18.4 Å². The maximum Gasteiger partial charge on any atom is 0.350 e. The Hall–Kier alpha value is -0.870. The Morgan fingerprint density at radius 2 is 1.93 bits per heavy atom. The summed E-state index contributed by atoms with van der Waals surface area (Å²) in [6, 6.07) is 6.65. The fourth-order valence-electron chi connectivity index (χ4n) is 3.29. The Morgan fingerprint density at radius 3 is 2.54 bits per heavy atom. The minimum absolute atomic E-state index is 0.0377. The minimum atomic E-state index is -0.448. The van der Waals surface area contributed by atoms with Crippen LogP contribution in [0.2, 0.25) is 10.0 Å². The third-order valence-corrected chi connectivity index (χ3v) is 7.16. The number of ether oxygens (including phenoxy) is 1. The van der Waals surface area contributed by atoms with E-state index in [1.807, 2.05) is 6.07 Å². The lowest BCUT2D eigenvalue weighted by molar-refractivity contribution is 0.0607. The van der Waals surface area contributed by atoms with Crippen LogP contribution in [0.5, 0.6) is 0 Å². The molecule has 0 bridgehead atoms. The Morgan fingerprint density at radius 1 is 1.25 bits per heavy atom. The molecule has 1 amide bonds. The van der Waals surface area contributed by atoms with Crippen LogP contribution in [0.25, 0.3) is 0 Å². The Balaban J connectivity index is 2.08. The number of carbonyl (C=O) groups is 2. The number of piperidine rings is 1. The molecular formula is C19H19Cl2IN2O3S. The van der Waals surface area contributed by atoms with Crippen molar-refractivity contribution >= 4 is 74.7 Å². The number of likely N-dealkylation sites (tertiary alicyclic amines) is 1. The zero-order valence-electron chi connectivity index (χ0n) is 15.4. The normalized spacial score (nSPS) is 15.5. The van der Waals surface area contributed by atoms with Crippen molar-refractivity contribution in [3.63, 3.8) is 0 Å². The second kappa shape index (κ2) is 9.30. The summed E-state index contributed by atoms with van der Waals surface area (Å²) in [6.07, 6.45) is 1.61. The van der Waals surface area contributed by atoms with Crippen molar-refractivity contribution in [1.82, 2.24) is 4.90 Å². The van der Waals surface area contributed by atoms with Crippen LogP contribution in [0, 0.1) is 2.88 Å². The second-order valence-electron chi connectivity index (χ2n) is 6.59. The number of esters is 1. The molecule has 2 heterocycles. The molecule has 1 aliphatic rings. The van der Waals surface area contributed by atoms with Gasteiger partial charge in [-0.15, -0.1) is 11.3 Å². The first-order valence-corrected chi connectivity index (χ1v) is 11.3. The van der Waals surface area contributed by atoms with Crippen molar-refractivity contribution in [2.75, 3.05) is 32.1 Å². The lowest BCUT2D eigenvalue weighted by atomic mass is 10.0. The highest BCUT2D eigenvalue weighted by atomic mass is 127. The molecule has 28 heavy (non-hydrogen) atoms. The SMILES string of the molecule is COC(=O)c1sc(I)cc1N(C(=O)c1ccc(Cl)cc1Cl)C1CCN(C)CC1. The summed E-state index contributed by atoms with van der Waals surface area (Å²) in [4.78, 5) is 30.3. The number of halogens is 3. The van der Waals surface area contributed by atoms with Gasteiger partial charge in [-0.3, -0.25) is 4.79 Å². The monoisotopic (exact) mass is 552 g/mol. The van der Waals surface area contributed by atoms with Gasteiger partial charge in [0, 0.05) is 11.1 Å². The molecule has 0 spiro atoms. The number of rotatable bonds is 4. The molecular weight excluding hydrogens is 534 g/mol. The molecule has 1 aromatic heterocycles. The third kappa shape index (κ3) is 4.64. The van der Waals surface area contributed by atoms with Gasteiger partial charge in [0.2, 0.25) is 0 Å². The number of hydrogen-bond acceptors (Lipinski definition) is 5. The van der Waals surface area contributed by atoms with E-state index in [1.54, 1.807) is 23.1 Å².